The molecule has 246 valence electrons. The number of alkyl halides is 2. The lowest BCUT2D eigenvalue weighted by molar-refractivity contribution is -0.160. The monoisotopic (exact) mass is 751 g/mol. The smallest absolute Gasteiger partial charge is 0.347 e. The Hall–Kier alpha value is -2.84. The highest BCUT2D eigenvalue weighted by Crippen LogP contribution is 2.64. The van der Waals surface area contributed by atoms with Gasteiger partial charge in [0.2, 0.25) is 0 Å². The Morgan fingerprint density at radius 3 is 2.11 bits per heavy atom. The number of hydrogen-bond donors (Lipinski definition) is 0. The van der Waals surface area contributed by atoms with Crippen molar-refractivity contribution in [3.8, 4) is 5.75 Å². The number of sulfone groups is 1. The third kappa shape index (κ3) is 8.31. The van der Waals surface area contributed by atoms with Crippen molar-refractivity contribution >= 4 is 54.8 Å². The molecule has 1 atom stereocenters. The van der Waals surface area contributed by atoms with Crippen LogP contribution in [0.4, 0.5) is 14.5 Å². The zero-order valence-electron chi connectivity index (χ0n) is 25.3. The number of halogens is 3. The number of nitrogens with zero attached hydrogens (tertiary/aromatic N) is 1. The predicted molar refractivity (Wildman–Crippen MR) is 169 cm³/mol. The lowest BCUT2D eigenvalue weighted by Crippen LogP contribution is -2.31. The minimum absolute atomic E-state index is 0.0328. The molecule has 3 rings (SSSR count). The Labute approximate surface area is 270 Å². The first-order chi connectivity index (χ1) is 20.6. The van der Waals surface area contributed by atoms with E-state index >= 15 is 8.78 Å². The van der Waals surface area contributed by atoms with Crippen LogP contribution in [0.1, 0.15) is 31.9 Å². The van der Waals surface area contributed by atoms with Crippen LogP contribution >= 0.6 is 23.3 Å². The Morgan fingerprint density at radius 1 is 0.978 bits per heavy atom. The number of para-hydroxylation sites is 1. The van der Waals surface area contributed by atoms with Gasteiger partial charge in [-0.2, -0.15) is 8.78 Å². The number of anilines is 1. The van der Waals surface area contributed by atoms with Crippen LogP contribution in [0.3, 0.4) is 0 Å². The van der Waals surface area contributed by atoms with E-state index in [0.29, 0.717) is 0 Å². The summed E-state index contributed by atoms with van der Waals surface area (Å²) in [6.45, 7) is 4.08. The Balaban J connectivity index is 2.00. The summed E-state index contributed by atoms with van der Waals surface area (Å²) in [7, 11) is -11.4. The average Bonchev–Trinajstić information content (AvgIpc) is 2.94. The molecule has 16 heteroatoms. The van der Waals surface area contributed by atoms with Crippen LogP contribution in [-0.4, -0.2) is 49.6 Å². The third-order valence-corrected chi connectivity index (χ3v) is 11.9. The van der Waals surface area contributed by atoms with Gasteiger partial charge in [0.15, 0.2) is 16.6 Å². The van der Waals surface area contributed by atoms with E-state index in [1.165, 1.54) is 61.7 Å². The summed E-state index contributed by atoms with van der Waals surface area (Å²) in [5, 5.41) is 0. The van der Waals surface area contributed by atoms with E-state index in [1.54, 1.807) is 26.8 Å². The molecule has 0 aliphatic rings. The fourth-order valence-electron chi connectivity index (χ4n) is 3.89. The first kappa shape index (κ1) is 36.6. The van der Waals surface area contributed by atoms with Crippen molar-refractivity contribution in [2.75, 3.05) is 31.1 Å². The first-order valence-corrected chi connectivity index (χ1v) is 19.3. The fourth-order valence-corrected chi connectivity index (χ4v) is 8.01. The minimum atomic E-state index is -4.75. The summed E-state index contributed by atoms with van der Waals surface area (Å²) < 4.78 is 112. The zero-order chi connectivity index (χ0) is 34.0. The maximum Gasteiger partial charge on any atom is 0.347 e. The van der Waals surface area contributed by atoms with Gasteiger partial charge in [-0.3, -0.25) is 18.2 Å². The van der Waals surface area contributed by atoms with E-state index < -0.39 is 56.6 Å². The van der Waals surface area contributed by atoms with Gasteiger partial charge in [0.05, 0.1) is 29.7 Å². The molecule has 3 aromatic carbocycles. The number of benzene rings is 3. The number of rotatable bonds is 12. The van der Waals surface area contributed by atoms with Gasteiger partial charge in [0, 0.05) is 23.0 Å². The molecule has 0 aromatic heterocycles. The molecule has 10 nitrogen and oxygen atoms in total. The maximum atomic E-state index is 15.5. The number of sulfonamides is 1. The second-order valence-electron chi connectivity index (χ2n) is 11.1. The van der Waals surface area contributed by atoms with Crippen LogP contribution in [0, 0.1) is 5.41 Å². The summed E-state index contributed by atoms with van der Waals surface area (Å²) in [6, 6.07) is 14.5. The first-order valence-electron chi connectivity index (χ1n) is 13.1. The molecular weight excluding hydrogens is 719 g/mol. The normalized spacial score (nSPS) is 14.0. The molecule has 3 aromatic rings. The molecule has 0 aliphatic carbocycles. The Kier molecular flexibility index (Phi) is 11.0. The number of ether oxygens (including phenoxy) is 2. The van der Waals surface area contributed by atoms with E-state index in [-0.39, 0.29) is 37.8 Å². The molecule has 0 bridgehead atoms. The topological polar surface area (TPSA) is 133 Å². The van der Waals surface area contributed by atoms with Gasteiger partial charge >= 0.3 is 11.6 Å². The van der Waals surface area contributed by atoms with Gasteiger partial charge in [0.1, 0.15) is 10.6 Å². The zero-order valence-corrected chi connectivity index (χ0v) is 29.4. The molecule has 0 fully saturated rings. The highest BCUT2D eigenvalue weighted by atomic mass is 79.9. The van der Waals surface area contributed by atoms with Crippen molar-refractivity contribution in [1.29, 1.82) is 0 Å². The molecule has 0 heterocycles. The highest BCUT2D eigenvalue weighted by Gasteiger charge is 2.51. The predicted octanol–water partition coefficient (Wildman–Crippen LogP) is 6.78. The van der Waals surface area contributed by atoms with Crippen molar-refractivity contribution in [1.82, 2.24) is 0 Å². The van der Waals surface area contributed by atoms with Gasteiger partial charge in [-0.25, -0.2) is 16.8 Å². The fraction of sp³-hybridized carbons (Fsp3) is 0.345. The summed E-state index contributed by atoms with van der Waals surface area (Å²) in [5.41, 5.74) is -5.31. The van der Waals surface area contributed by atoms with Crippen molar-refractivity contribution in [2.24, 2.45) is 5.41 Å². The van der Waals surface area contributed by atoms with Crippen molar-refractivity contribution in [3.05, 3.63) is 82.3 Å². The quantitative estimate of drug-likeness (QED) is 0.112. The van der Waals surface area contributed by atoms with Crippen molar-refractivity contribution in [2.45, 2.75) is 42.8 Å². The van der Waals surface area contributed by atoms with E-state index in [1.807, 2.05) is 0 Å². The molecule has 0 radical (unpaired) electrons. The molecule has 0 amide bonds. The SMILES string of the molecule is COc1ccccc1S(=O)(=O)N(Cc1ccc(C(F)(F)P(C)(=O)OCOC(=O)C(C)(C)C)c(Br)c1)c1ccc(S(C)(=O)=O)cc1. The van der Waals surface area contributed by atoms with Crippen LogP contribution in [0.5, 0.6) is 5.75 Å². The van der Waals surface area contributed by atoms with Crippen LogP contribution in [0.15, 0.2) is 81.0 Å². The summed E-state index contributed by atoms with van der Waals surface area (Å²) in [5.74, 6) is -0.673. The molecule has 45 heavy (non-hydrogen) atoms. The van der Waals surface area contributed by atoms with E-state index in [0.717, 1.165) is 23.3 Å². The van der Waals surface area contributed by atoms with Gasteiger partial charge in [-0.1, -0.05) is 40.2 Å². The largest absolute Gasteiger partial charge is 0.495 e. The van der Waals surface area contributed by atoms with Gasteiger partial charge < -0.3 is 9.47 Å². The minimum Gasteiger partial charge on any atom is -0.495 e. The van der Waals surface area contributed by atoms with Gasteiger partial charge in [-0.15, -0.1) is 0 Å². The van der Waals surface area contributed by atoms with Gasteiger partial charge in [-0.05, 0) is 68.8 Å². The standard InChI is InChI=1S/C29H33BrF2NO9PS2/c1-28(2,3)27(34)41-19-42-43(5,35)29(31,32)23-16-11-20(17-24(23)30)18-33(21-12-14-22(15-13-21)44(6,36)37)45(38,39)26-10-8-7-9-25(26)40-4/h7-17H,18-19H2,1-6H3. The summed E-state index contributed by atoms with van der Waals surface area (Å²) >= 11 is 3.09. The number of carbonyl (C=O) groups excluding carboxylic acids is 1. The average molecular weight is 753 g/mol. The van der Waals surface area contributed by atoms with Gasteiger partial charge in [0.25, 0.3) is 17.4 Å². The molecule has 0 spiro atoms. The van der Waals surface area contributed by atoms with E-state index in [4.69, 9.17) is 14.0 Å². The van der Waals surface area contributed by atoms with Crippen LogP contribution in [0.25, 0.3) is 0 Å². The molecule has 0 saturated heterocycles. The maximum absolute atomic E-state index is 15.5. The molecular formula is C29H33BrF2NO9PS2. The highest BCUT2D eigenvalue weighted by molar-refractivity contribution is 9.10. The molecule has 0 aliphatic heterocycles. The summed E-state index contributed by atoms with van der Waals surface area (Å²) in [6.07, 6.45) is 1.01. The summed E-state index contributed by atoms with van der Waals surface area (Å²) in [4.78, 5) is 11.7. The Bertz CT molecular complexity index is 1830. The van der Waals surface area contributed by atoms with Crippen LogP contribution < -0.4 is 9.04 Å². The lowest BCUT2D eigenvalue weighted by atomic mass is 9.98. The lowest BCUT2D eigenvalue weighted by Gasteiger charge is -2.27. The third-order valence-electron chi connectivity index (χ3n) is 6.49. The molecule has 0 saturated carbocycles. The van der Waals surface area contributed by atoms with Crippen LogP contribution in [-0.2, 0) is 50.7 Å². The number of carbonyl (C=O) groups is 1. The van der Waals surface area contributed by atoms with Crippen LogP contribution in [0.2, 0.25) is 0 Å². The second kappa shape index (κ2) is 13.5. The second-order valence-corrected chi connectivity index (χ2v) is 18.3. The van der Waals surface area contributed by atoms with E-state index in [2.05, 4.69) is 15.9 Å². The van der Waals surface area contributed by atoms with Crippen molar-refractivity contribution in [3.63, 3.8) is 0 Å². The van der Waals surface area contributed by atoms with Crippen molar-refractivity contribution < 1.29 is 49.0 Å². The number of hydrogen-bond acceptors (Lipinski definition) is 9. The Morgan fingerprint density at radius 2 is 1.58 bits per heavy atom. The molecule has 0 N–H and O–H groups in total. The molecule has 1 unspecified atom stereocenters. The number of methoxy groups -OCH3 is 1. The number of esters is 1. The van der Waals surface area contributed by atoms with E-state index in [9.17, 15) is 26.2 Å².